The molecule has 0 bridgehead atoms. The van der Waals surface area contributed by atoms with Crippen LogP contribution in [0.15, 0.2) is 65.3 Å². The number of nitrogens with zero attached hydrogens (tertiary/aromatic N) is 2. The summed E-state index contributed by atoms with van der Waals surface area (Å²) in [6.07, 6.45) is 1.77. The number of nitrogens with one attached hydrogen (secondary N) is 1. The van der Waals surface area contributed by atoms with Crippen LogP contribution in [0.1, 0.15) is 15.9 Å². The molecule has 0 spiro atoms. The maximum absolute atomic E-state index is 12.6. The normalized spacial score (nSPS) is 10.8. The van der Waals surface area contributed by atoms with Crippen molar-refractivity contribution in [2.75, 3.05) is 5.32 Å². The van der Waals surface area contributed by atoms with Gasteiger partial charge in [-0.2, -0.15) is 0 Å². The van der Waals surface area contributed by atoms with Crippen LogP contribution in [0.5, 0.6) is 0 Å². The number of rotatable bonds is 3. The van der Waals surface area contributed by atoms with Gasteiger partial charge in [-0.15, -0.1) is 0 Å². The number of benzene rings is 2. The molecule has 2 aromatic heterocycles. The van der Waals surface area contributed by atoms with Crippen LogP contribution in [-0.2, 0) is 0 Å². The molecule has 0 aliphatic rings. The van der Waals surface area contributed by atoms with Crippen molar-refractivity contribution in [3.63, 3.8) is 0 Å². The Morgan fingerprint density at radius 2 is 2.00 bits per heavy atom. The van der Waals surface area contributed by atoms with E-state index in [0.29, 0.717) is 5.56 Å². The lowest BCUT2D eigenvalue weighted by molar-refractivity contribution is 0.102. The number of thiazole rings is 1. The highest BCUT2D eigenvalue weighted by atomic mass is 79.9. The van der Waals surface area contributed by atoms with Gasteiger partial charge in [0.05, 0.1) is 0 Å². The summed E-state index contributed by atoms with van der Waals surface area (Å²) >= 11 is 4.94. The Labute approximate surface area is 163 Å². The number of amides is 1. The minimum atomic E-state index is -0.141. The predicted octanol–water partition coefficient (Wildman–Crippen LogP) is 5.68. The Kier molecular flexibility index (Phi) is 4.53. The first kappa shape index (κ1) is 16.9. The number of halogens is 1. The van der Waals surface area contributed by atoms with Gasteiger partial charge in [0.1, 0.15) is 15.4 Å². The molecular weight excluding hydrogens is 410 g/mol. The van der Waals surface area contributed by atoms with E-state index in [9.17, 15) is 4.79 Å². The molecule has 0 fully saturated rings. The zero-order valence-electron chi connectivity index (χ0n) is 13.9. The minimum absolute atomic E-state index is 0.141. The fourth-order valence-electron chi connectivity index (χ4n) is 2.61. The molecular formula is C20H14BrN3OS. The fraction of sp³-hybridized carbons (Fsp3) is 0.0500. The third-order valence-corrected chi connectivity index (χ3v) is 5.51. The van der Waals surface area contributed by atoms with Gasteiger partial charge < -0.3 is 5.32 Å². The van der Waals surface area contributed by atoms with Gasteiger partial charge in [0.25, 0.3) is 5.91 Å². The van der Waals surface area contributed by atoms with Crippen molar-refractivity contribution >= 4 is 49.2 Å². The maximum atomic E-state index is 12.6. The highest BCUT2D eigenvalue weighted by Crippen LogP contribution is 2.31. The summed E-state index contributed by atoms with van der Waals surface area (Å²) in [6, 6.07) is 17.1. The summed E-state index contributed by atoms with van der Waals surface area (Å²) in [6.45, 7) is 1.97. The SMILES string of the molecule is Cc1ccc(-c2nc3cccnc3s2)cc1NC(=O)c1cccc(Br)c1. The molecule has 0 radical (unpaired) electrons. The molecule has 0 saturated heterocycles. The second kappa shape index (κ2) is 6.97. The van der Waals surface area contributed by atoms with Crippen molar-refractivity contribution in [1.82, 2.24) is 9.97 Å². The van der Waals surface area contributed by atoms with E-state index in [-0.39, 0.29) is 5.91 Å². The van der Waals surface area contributed by atoms with Gasteiger partial charge >= 0.3 is 0 Å². The number of fused-ring (bicyclic) bond motifs is 1. The van der Waals surface area contributed by atoms with Crippen molar-refractivity contribution in [2.45, 2.75) is 6.92 Å². The molecule has 128 valence electrons. The Morgan fingerprint density at radius 1 is 1.12 bits per heavy atom. The van der Waals surface area contributed by atoms with Crippen LogP contribution in [0.3, 0.4) is 0 Å². The first-order chi connectivity index (χ1) is 12.6. The van der Waals surface area contributed by atoms with Gasteiger partial charge in [0.15, 0.2) is 0 Å². The first-order valence-corrected chi connectivity index (χ1v) is 9.60. The van der Waals surface area contributed by atoms with Crippen molar-refractivity contribution in [2.24, 2.45) is 0 Å². The molecule has 2 aromatic carbocycles. The molecule has 2 heterocycles. The summed E-state index contributed by atoms with van der Waals surface area (Å²) in [4.78, 5) is 22.4. The summed E-state index contributed by atoms with van der Waals surface area (Å²) in [5, 5.41) is 3.88. The molecule has 4 rings (SSSR count). The molecule has 1 N–H and O–H groups in total. The molecule has 4 aromatic rings. The van der Waals surface area contributed by atoms with Crippen LogP contribution < -0.4 is 5.32 Å². The smallest absolute Gasteiger partial charge is 0.255 e. The summed E-state index contributed by atoms with van der Waals surface area (Å²) in [7, 11) is 0. The van der Waals surface area contributed by atoms with E-state index in [2.05, 4.69) is 31.2 Å². The van der Waals surface area contributed by atoms with Crippen molar-refractivity contribution in [3.05, 3.63) is 76.4 Å². The topological polar surface area (TPSA) is 54.9 Å². The highest BCUT2D eigenvalue weighted by molar-refractivity contribution is 9.10. The second-order valence-electron chi connectivity index (χ2n) is 5.84. The maximum Gasteiger partial charge on any atom is 0.255 e. The van der Waals surface area contributed by atoms with Gasteiger partial charge in [0.2, 0.25) is 0 Å². The number of aryl methyl sites for hydroxylation is 1. The number of hydrogen-bond donors (Lipinski definition) is 1. The van der Waals surface area contributed by atoms with E-state index < -0.39 is 0 Å². The van der Waals surface area contributed by atoms with Gasteiger partial charge in [-0.3, -0.25) is 4.79 Å². The summed E-state index contributed by atoms with van der Waals surface area (Å²) in [5.74, 6) is -0.141. The van der Waals surface area contributed by atoms with E-state index >= 15 is 0 Å². The molecule has 0 atom stereocenters. The predicted molar refractivity (Wildman–Crippen MR) is 110 cm³/mol. The summed E-state index contributed by atoms with van der Waals surface area (Å²) < 4.78 is 0.873. The zero-order valence-corrected chi connectivity index (χ0v) is 16.3. The van der Waals surface area contributed by atoms with Crippen LogP contribution in [0.2, 0.25) is 0 Å². The average molecular weight is 424 g/mol. The van der Waals surface area contributed by atoms with E-state index in [1.165, 1.54) is 0 Å². The van der Waals surface area contributed by atoms with Gasteiger partial charge in [0, 0.05) is 27.5 Å². The lowest BCUT2D eigenvalue weighted by atomic mass is 10.1. The van der Waals surface area contributed by atoms with E-state index in [1.54, 1.807) is 29.7 Å². The van der Waals surface area contributed by atoms with Gasteiger partial charge in [-0.1, -0.05) is 45.5 Å². The van der Waals surface area contributed by atoms with E-state index in [1.807, 2.05) is 49.4 Å². The lowest BCUT2D eigenvalue weighted by Gasteiger charge is -2.10. The molecule has 26 heavy (non-hydrogen) atoms. The molecule has 6 heteroatoms. The van der Waals surface area contributed by atoms with Gasteiger partial charge in [-0.05, 0) is 48.9 Å². The fourth-order valence-corrected chi connectivity index (χ4v) is 3.91. The molecule has 1 amide bonds. The molecule has 4 nitrogen and oxygen atoms in total. The number of carbonyl (C=O) groups is 1. The third-order valence-electron chi connectivity index (χ3n) is 3.99. The molecule has 0 unspecified atom stereocenters. The number of aromatic nitrogens is 2. The largest absolute Gasteiger partial charge is 0.322 e. The zero-order chi connectivity index (χ0) is 18.1. The quantitative estimate of drug-likeness (QED) is 0.460. The molecule has 0 aliphatic heterocycles. The third kappa shape index (κ3) is 3.38. The Hall–Kier alpha value is -2.57. The number of hydrogen-bond acceptors (Lipinski definition) is 4. The Morgan fingerprint density at radius 3 is 2.81 bits per heavy atom. The minimum Gasteiger partial charge on any atom is -0.322 e. The number of pyridine rings is 1. The number of anilines is 1. The second-order valence-corrected chi connectivity index (χ2v) is 7.73. The lowest BCUT2D eigenvalue weighted by Crippen LogP contribution is -2.12. The van der Waals surface area contributed by atoms with Crippen LogP contribution in [-0.4, -0.2) is 15.9 Å². The highest BCUT2D eigenvalue weighted by Gasteiger charge is 2.12. The van der Waals surface area contributed by atoms with Crippen LogP contribution >= 0.6 is 27.3 Å². The van der Waals surface area contributed by atoms with Crippen LogP contribution in [0, 0.1) is 6.92 Å². The van der Waals surface area contributed by atoms with Gasteiger partial charge in [-0.25, -0.2) is 9.97 Å². The summed E-state index contributed by atoms with van der Waals surface area (Å²) in [5.41, 5.74) is 4.22. The van der Waals surface area contributed by atoms with Crippen LogP contribution in [0.25, 0.3) is 20.9 Å². The van der Waals surface area contributed by atoms with Crippen molar-refractivity contribution < 1.29 is 4.79 Å². The van der Waals surface area contributed by atoms with Crippen molar-refractivity contribution in [3.8, 4) is 10.6 Å². The molecule has 0 aliphatic carbocycles. The van der Waals surface area contributed by atoms with Crippen LogP contribution in [0.4, 0.5) is 5.69 Å². The standard InChI is InChI=1S/C20H14BrN3OS/c1-12-7-8-14(19-24-16-6-3-9-22-20(16)26-19)11-17(12)23-18(25)13-4-2-5-15(21)10-13/h2-11H,1H3,(H,23,25). The number of carbonyl (C=O) groups excluding carboxylic acids is 1. The molecule has 0 saturated carbocycles. The monoisotopic (exact) mass is 423 g/mol. The van der Waals surface area contributed by atoms with E-state index in [4.69, 9.17) is 0 Å². The van der Waals surface area contributed by atoms with E-state index in [0.717, 1.165) is 36.6 Å². The first-order valence-electron chi connectivity index (χ1n) is 8.00. The average Bonchev–Trinajstić information content (AvgIpc) is 3.07. The Bertz CT molecular complexity index is 1090. The van der Waals surface area contributed by atoms with Crippen molar-refractivity contribution in [1.29, 1.82) is 0 Å². The Balaban J connectivity index is 1.67.